The van der Waals surface area contributed by atoms with Gasteiger partial charge in [0.05, 0.1) is 10.4 Å². The quantitative estimate of drug-likeness (QED) is 0.486. The molecule has 6 nitrogen and oxygen atoms in total. The Balaban J connectivity index is 1.89. The number of carbonyl (C=O) groups is 1. The zero-order chi connectivity index (χ0) is 18.1. The van der Waals surface area contributed by atoms with Gasteiger partial charge in [0.2, 0.25) is 0 Å². The van der Waals surface area contributed by atoms with Crippen molar-refractivity contribution in [2.24, 2.45) is 0 Å². The van der Waals surface area contributed by atoms with E-state index in [0.29, 0.717) is 16.5 Å². The fourth-order valence-corrected chi connectivity index (χ4v) is 3.95. The van der Waals surface area contributed by atoms with Gasteiger partial charge < -0.3 is 15.6 Å². The molecule has 0 radical (unpaired) electrons. The number of hydrogen-bond acceptors (Lipinski definition) is 5. The van der Waals surface area contributed by atoms with Gasteiger partial charge in [0.15, 0.2) is 11.5 Å². The fraction of sp³-hybridized carbons (Fsp3) is 0.0556. The normalized spacial score (nSPS) is 10.8. The van der Waals surface area contributed by atoms with Gasteiger partial charge in [-0.25, -0.2) is 0 Å². The molecule has 8 heteroatoms. The molecular weight excluding hydrogens is 370 g/mol. The molecule has 3 N–H and O–H groups in total. The summed E-state index contributed by atoms with van der Waals surface area (Å²) in [7, 11) is 1.58. The van der Waals surface area contributed by atoms with Gasteiger partial charge in [-0.05, 0) is 29.8 Å². The van der Waals surface area contributed by atoms with Crippen molar-refractivity contribution < 1.29 is 4.79 Å². The lowest BCUT2D eigenvalue weighted by molar-refractivity contribution is 0.0959. The first-order chi connectivity index (χ1) is 12.7. The number of thiophene rings is 1. The highest BCUT2D eigenvalue weighted by Crippen LogP contribution is 2.38. The number of nitrogens with zero attached hydrogens (tertiary/aromatic N) is 2. The van der Waals surface area contributed by atoms with Gasteiger partial charge in [-0.1, -0.05) is 23.7 Å². The number of nitrogens with one attached hydrogen (secondary N) is 3. The zero-order valence-corrected chi connectivity index (χ0v) is 15.3. The summed E-state index contributed by atoms with van der Waals surface area (Å²) in [6.45, 7) is 0. The van der Waals surface area contributed by atoms with Crippen molar-refractivity contribution in [3.8, 4) is 10.4 Å². The molecule has 0 aliphatic heterocycles. The maximum Gasteiger partial charge on any atom is 0.273 e. The number of benzene rings is 1. The second-order valence-electron chi connectivity index (χ2n) is 5.56. The lowest BCUT2D eigenvalue weighted by Crippen LogP contribution is -2.20. The third kappa shape index (κ3) is 3.02. The first-order valence-corrected chi connectivity index (χ1v) is 9.03. The number of rotatable bonds is 4. The Bertz CT molecular complexity index is 1090. The van der Waals surface area contributed by atoms with E-state index in [2.05, 4.69) is 25.8 Å². The van der Waals surface area contributed by atoms with Gasteiger partial charge in [0, 0.05) is 34.7 Å². The van der Waals surface area contributed by atoms with Gasteiger partial charge in [0.25, 0.3) is 5.91 Å². The molecule has 1 amide bonds. The minimum atomic E-state index is -0.268. The molecule has 3 heterocycles. The number of fused-ring (bicyclic) bond motifs is 1. The van der Waals surface area contributed by atoms with Crippen LogP contribution in [0.15, 0.2) is 48.8 Å². The number of H-pyrrole nitrogens is 1. The number of hydrogen-bond donors (Lipinski definition) is 3. The lowest BCUT2D eigenvalue weighted by Gasteiger charge is -2.06. The summed E-state index contributed by atoms with van der Waals surface area (Å²) in [6, 6.07) is 11.5. The van der Waals surface area contributed by atoms with Crippen LogP contribution in [-0.2, 0) is 0 Å². The Morgan fingerprint density at radius 3 is 2.85 bits per heavy atom. The SMILES string of the molecule is CNC(=O)c1nnc(Nc2cc[nH]c2)c2cc(-c3cccc(Cl)c3)sc12. The van der Waals surface area contributed by atoms with Crippen molar-refractivity contribution in [1.82, 2.24) is 20.5 Å². The molecule has 4 aromatic rings. The third-order valence-electron chi connectivity index (χ3n) is 3.86. The largest absolute Gasteiger partial charge is 0.366 e. The second kappa shape index (κ2) is 6.78. The summed E-state index contributed by atoms with van der Waals surface area (Å²) >= 11 is 7.61. The van der Waals surface area contributed by atoms with Crippen LogP contribution in [0.3, 0.4) is 0 Å². The van der Waals surface area contributed by atoms with E-state index < -0.39 is 0 Å². The van der Waals surface area contributed by atoms with Crippen molar-refractivity contribution in [3.63, 3.8) is 0 Å². The summed E-state index contributed by atoms with van der Waals surface area (Å²) in [5.41, 5.74) is 2.15. The Morgan fingerprint density at radius 1 is 1.23 bits per heavy atom. The summed E-state index contributed by atoms with van der Waals surface area (Å²) in [5.74, 6) is 0.326. The van der Waals surface area contributed by atoms with E-state index in [9.17, 15) is 4.79 Å². The highest BCUT2D eigenvalue weighted by Gasteiger charge is 2.19. The average Bonchev–Trinajstić information content (AvgIpc) is 3.31. The van der Waals surface area contributed by atoms with E-state index in [-0.39, 0.29) is 5.91 Å². The minimum absolute atomic E-state index is 0.268. The van der Waals surface area contributed by atoms with Crippen LogP contribution in [0.25, 0.3) is 20.5 Å². The van der Waals surface area contributed by atoms with Crippen molar-refractivity contribution in [1.29, 1.82) is 0 Å². The molecule has 0 aliphatic rings. The smallest absolute Gasteiger partial charge is 0.273 e. The first kappa shape index (κ1) is 16.6. The predicted octanol–water partition coefficient (Wildman–Crippen LogP) is 4.44. The monoisotopic (exact) mass is 383 g/mol. The van der Waals surface area contributed by atoms with Crippen LogP contribution in [-0.4, -0.2) is 28.1 Å². The van der Waals surface area contributed by atoms with Crippen molar-refractivity contribution >= 4 is 50.4 Å². The van der Waals surface area contributed by atoms with E-state index in [1.54, 1.807) is 7.05 Å². The third-order valence-corrected chi connectivity index (χ3v) is 5.29. The zero-order valence-electron chi connectivity index (χ0n) is 13.7. The van der Waals surface area contributed by atoms with Crippen LogP contribution < -0.4 is 10.6 Å². The standard InChI is InChI=1S/C18H14ClN5OS/c1-20-18(25)15-16-13(17(24-23-15)22-12-5-6-21-9-12)8-14(26-16)10-3-2-4-11(19)7-10/h2-9,21H,1H3,(H,20,25)(H,22,24). The molecule has 130 valence electrons. The Kier molecular flexibility index (Phi) is 4.32. The molecule has 0 aliphatic carbocycles. The average molecular weight is 384 g/mol. The fourth-order valence-electron chi connectivity index (χ4n) is 2.62. The molecule has 0 saturated carbocycles. The first-order valence-electron chi connectivity index (χ1n) is 7.84. The van der Waals surface area contributed by atoms with E-state index in [1.807, 2.05) is 48.8 Å². The van der Waals surface area contributed by atoms with Crippen molar-refractivity contribution in [3.05, 3.63) is 59.5 Å². The van der Waals surface area contributed by atoms with E-state index in [1.165, 1.54) is 11.3 Å². The summed E-state index contributed by atoms with van der Waals surface area (Å²) in [5, 5.41) is 15.7. The Hall–Kier alpha value is -2.90. The van der Waals surface area contributed by atoms with Crippen LogP contribution in [0, 0.1) is 0 Å². The molecule has 0 fully saturated rings. The Labute approximate surface area is 158 Å². The van der Waals surface area contributed by atoms with Gasteiger partial charge in [-0.2, -0.15) is 0 Å². The lowest BCUT2D eigenvalue weighted by atomic mass is 10.1. The molecule has 26 heavy (non-hydrogen) atoms. The van der Waals surface area contributed by atoms with Gasteiger partial charge in [-0.15, -0.1) is 21.5 Å². The van der Waals surface area contributed by atoms with Crippen LogP contribution >= 0.6 is 22.9 Å². The molecule has 0 spiro atoms. The maximum atomic E-state index is 12.2. The predicted molar refractivity (Wildman–Crippen MR) is 105 cm³/mol. The van der Waals surface area contributed by atoms with E-state index >= 15 is 0 Å². The molecule has 0 bridgehead atoms. The number of amides is 1. The number of anilines is 2. The van der Waals surface area contributed by atoms with Gasteiger partial charge in [-0.3, -0.25) is 4.79 Å². The number of halogens is 1. The number of carbonyl (C=O) groups excluding carboxylic acids is 1. The highest BCUT2D eigenvalue weighted by molar-refractivity contribution is 7.22. The molecule has 3 aromatic heterocycles. The van der Waals surface area contributed by atoms with Crippen LogP contribution in [0.1, 0.15) is 10.5 Å². The van der Waals surface area contributed by atoms with Gasteiger partial charge in [0.1, 0.15) is 0 Å². The molecule has 1 aromatic carbocycles. The molecular formula is C18H14ClN5OS. The number of aromatic amines is 1. The molecule has 0 atom stereocenters. The Morgan fingerprint density at radius 2 is 2.12 bits per heavy atom. The second-order valence-corrected chi connectivity index (χ2v) is 7.05. The summed E-state index contributed by atoms with van der Waals surface area (Å²) in [6.07, 6.45) is 3.64. The number of aromatic nitrogens is 3. The van der Waals surface area contributed by atoms with Crippen molar-refractivity contribution in [2.75, 3.05) is 12.4 Å². The van der Waals surface area contributed by atoms with Crippen LogP contribution in [0.5, 0.6) is 0 Å². The highest BCUT2D eigenvalue weighted by atomic mass is 35.5. The minimum Gasteiger partial charge on any atom is -0.366 e. The van der Waals surface area contributed by atoms with E-state index in [4.69, 9.17) is 11.6 Å². The molecule has 0 saturated heterocycles. The maximum absolute atomic E-state index is 12.2. The van der Waals surface area contributed by atoms with E-state index in [0.717, 1.165) is 26.2 Å². The summed E-state index contributed by atoms with van der Waals surface area (Å²) in [4.78, 5) is 16.2. The molecule has 0 unspecified atom stereocenters. The topological polar surface area (TPSA) is 82.7 Å². The molecule has 4 rings (SSSR count). The van der Waals surface area contributed by atoms with Crippen LogP contribution in [0.2, 0.25) is 5.02 Å². The van der Waals surface area contributed by atoms with Crippen molar-refractivity contribution in [2.45, 2.75) is 0 Å². The van der Waals surface area contributed by atoms with Crippen LogP contribution in [0.4, 0.5) is 11.5 Å². The van der Waals surface area contributed by atoms with Gasteiger partial charge >= 0.3 is 0 Å². The summed E-state index contributed by atoms with van der Waals surface area (Å²) < 4.78 is 0.771.